The average Bonchev–Trinajstić information content (AvgIpc) is 2.90. The molecule has 1 aliphatic rings. The van der Waals surface area contributed by atoms with Crippen molar-refractivity contribution in [3.05, 3.63) is 60.7 Å². The van der Waals surface area contributed by atoms with E-state index in [0.717, 1.165) is 19.4 Å². The summed E-state index contributed by atoms with van der Waals surface area (Å²) < 4.78 is 35.0. The highest BCUT2D eigenvalue weighted by atomic mass is 28.4. The highest BCUT2D eigenvalue weighted by Crippen LogP contribution is 2.36. The van der Waals surface area contributed by atoms with Crippen molar-refractivity contribution in [2.45, 2.75) is 51.4 Å². The molecule has 0 saturated carbocycles. The number of hydrogen-bond donors (Lipinski definition) is 0. The first-order valence-electron chi connectivity index (χ1n) is 13.3. The lowest BCUT2D eigenvalue weighted by Gasteiger charge is -2.43. The zero-order valence-corrected chi connectivity index (χ0v) is 23.3. The summed E-state index contributed by atoms with van der Waals surface area (Å²) in [5, 5.41) is 2.53. The second-order valence-corrected chi connectivity index (χ2v) is 14.3. The number of hydrogen-bond acceptors (Lipinski definition) is 6. The minimum absolute atomic E-state index is 0.0344. The molecule has 7 heteroatoms. The summed E-state index contributed by atoms with van der Waals surface area (Å²) >= 11 is 0. The van der Waals surface area contributed by atoms with Gasteiger partial charge in [-0.05, 0) is 34.7 Å². The maximum Gasteiger partial charge on any atom is 0.261 e. The van der Waals surface area contributed by atoms with E-state index in [1.165, 1.54) is 16.8 Å². The van der Waals surface area contributed by atoms with E-state index in [1.54, 1.807) is 0 Å². The molecule has 2 aromatic rings. The van der Waals surface area contributed by atoms with Crippen LogP contribution in [0.5, 0.6) is 0 Å². The molecule has 0 bridgehead atoms. The molecule has 1 aliphatic heterocycles. The first-order chi connectivity index (χ1) is 17.5. The molecule has 2 aromatic carbocycles. The molecule has 3 rings (SSSR count). The molecule has 1 saturated heterocycles. The monoisotopic (exact) mass is 516 g/mol. The van der Waals surface area contributed by atoms with Crippen LogP contribution in [0.15, 0.2) is 60.7 Å². The third kappa shape index (κ3) is 8.77. The van der Waals surface area contributed by atoms with Gasteiger partial charge in [0.15, 0.2) is 6.29 Å². The largest absolute Gasteiger partial charge is 0.405 e. The smallest absolute Gasteiger partial charge is 0.261 e. The fraction of sp³-hybridized carbons (Fsp3) is 0.586. The van der Waals surface area contributed by atoms with Gasteiger partial charge in [-0.25, -0.2) is 0 Å². The molecule has 1 unspecified atom stereocenters. The normalized spacial score (nSPS) is 16.8. The summed E-state index contributed by atoms with van der Waals surface area (Å²) in [7, 11) is -2.50. The van der Waals surface area contributed by atoms with E-state index in [1.807, 2.05) is 0 Å². The lowest BCUT2D eigenvalue weighted by atomic mass is 10.2. The van der Waals surface area contributed by atoms with Gasteiger partial charge in [0.1, 0.15) is 0 Å². The molecular weight excluding hydrogens is 472 g/mol. The molecule has 1 fully saturated rings. The summed E-state index contributed by atoms with van der Waals surface area (Å²) in [6, 6.07) is 21.4. The third-order valence-electron chi connectivity index (χ3n) is 6.38. The van der Waals surface area contributed by atoms with Crippen molar-refractivity contribution < 1.29 is 28.1 Å². The van der Waals surface area contributed by atoms with E-state index >= 15 is 0 Å². The molecule has 1 heterocycles. The maximum absolute atomic E-state index is 6.83. The van der Waals surface area contributed by atoms with E-state index < -0.39 is 8.32 Å². The van der Waals surface area contributed by atoms with Crippen LogP contribution in [-0.4, -0.2) is 74.1 Å². The highest BCUT2D eigenvalue weighted by molar-refractivity contribution is 6.99. The third-order valence-corrected chi connectivity index (χ3v) is 11.4. The zero-order valence-electron chi connectivity index (χ0n) is 22.3. The minimum Gasteiger partial charge on any atom is -0.405 e. The molecule has 36 heavy (non-hydrogen) atoms. The zero-order chi connectivity index (χ0) is 25.5. The summed E-state index contributed by atoms with van der Waals surface area (Å²) in [5.41, 5.74) is 0. The number of benzene rings is 2. The van der Waals surface area contributed by atoms with Crippen LogP contribution < -0.4 is 10.4 Å². The quantitative estimate of drug-likeness (QED) is 0.247. The molecule has 0 amide bonds. The summed E-state index contributed by atoms with van der Waals surface area (Å²) in [4.78, 5) is 0. The summed E-state index contributed by atoms with van der Waals surface area (Å²) in [6.07, 6.45) is 3.22. The highest BCUT2D eigenvalue weighted by Gasteiger charge is 2.49. The molecular formula is C29H44O6Si. The van der Waals surface area contributed by atoms with Crippen LogP contribution in [-0.2, 0) is 28.1 Å². The van der Waals surface area contributed by atoms with Crippen LogP contribution in [0.2, 0.25) is 5.04 Å². The topological polar surface area (TPSA) is 55.4 Å². The SMILES string of the molecule is CC(C)(C)[Si](OCCOCCOCCOCCOC1CCCCO1)(c1ccccc1)c1ccccc1. The summed E-state index contributed by atoms with van der Waals surface area (Å²) in [5.74, 6) is 0. The summed E-state index contributed by atoms with van der Waals surface area (Å²) in [6.45, 7) is 12.0. The molecule has 0 aromatic heterocycles. The van der Waals surface area contributed by atoms with Gasteiger partial charge in [0, 0.05) is 6.61 Å². The molecule has 1 atom stereocenters. The van der Waals surface area contributed by atoms with Crippen molar-refractivity contribution in [3.63, 3.8) is 0 Å². The molecule has 0 radical (unpaired) electrons. The van der Waals surface area contributed by atoms with E-state index in [0.29, 0.717) is 52.9 Å². The van der Waals surface area contributed by atoms with Crippen LogP contribution in [0.4, 0.5) is 0 Å². The Balaban J connectivity index is 1.33. The van der Waals surface area contributed by atoms with Gasteiger partial charge >= 0.3 is 0 Å². The van der Waals surface area contributed by atoms with Gasteiger partial charge in [-0.3, -0.25) is 0 Å². The van der Waals surface area contributed by atoms with Crippen molar-refractivity contribution in [3.8, 4) is 0 Å². The Morgan fingerprint density at radius 2 is 1.19 bits per heavy atom. The van der Waals surface area contributed by atoms with Crippen molar-refractivity contribution in [2.75, 3.05) is 59.5 Å². The Morgan fingerprint density at radius 1 is 0.694 bits per heavy atom. The predicted octanol–water partition coefficient (Wildman–Crippen LogP) is 4.16. The lowest BCUT2D eigenvalue weighted by Crippen LogP contribution is -2.66. The Morgan fingerprint density at radius 3 is 1.67 bits per heavy atom. The van der Waals surface area contributed by atoms with Crippen LogP contribution in [0.25, 0.3) is 0 Å². The van der Waals surface area contributed by atoms with E-state index in [4.69, 9.17) is 28.1 Å². The average molecular weight is 517 g/mol. The second kappa shape index (κ2) is 15.6. The van der Waals surface area contributed by atoms with Crippen molar-refractivity contribution in [2.24, 2.45) is 0 Å². The Bertz CT molecular complexity index is 781. The Hall–Kier alpha value is -1.58. The van der Waals surface area contributed by atoms with Crippen molar-refractivity contribution in [1.82, 2.24) is 0 Å². The van der Waals surface area contributed by atoms with Gasteiger partial charge in [-0.15, -0.1) is 0 Å². The molecule has 0 aliphatic carbocycles. The van der Waals surface area contributed by atoms with Gasteiger partial charge < -0.3 is 28.1 Å². The van der Waals surface area contributed by atoms with Crippen molar-refractivity contribution in [1.29, 1.82) is 0 Å². The van der Waals surface area contributed by atoms with Crippen LogP contribution in [0.3, 0.4) is 0 Å². The van der Waals surface area contributed by atoms with Crippen LogP contribution in [0, 0.1) is 0 Å². The predicted molar refractivity (Wildman–Crippen MR) is 146 cm³/mol. The van der Waals surface area contributed by atoms with Gasteiger partial charge in [-0.1, -0.05) is 81.4 Å². The first kappa shape index (κ1) is 29.0. The minimum atomic E-state index is -2.50. The Kier molecular flexibility index (Phi) is 12.6. The van der Waals surface area contributed by atoms with E-state index in [2.05, 4.69) is 81.4 Å². The van der Waals surface area contributed by atoms with Crippen LogP contribution in [0.1, 0.15) is 40.0 Å². The molecule has 200 valence electrons. The number of rotatable bonds is 16. The van der Waals surface area contributed by atoms with Crippen LogP contribution >= 0.6 is 0 Å². The number of ether oxygens (including phenoxy) is 5. The van der Waals surface area contributed by atoms with Gasteiger partial charge in [0.2, 0.25) is 0 Å². The molecule has 0 spiro atoms. The fourth-order valence-electron chi connectivity index (χ4n) is 4.64. The standard InChI is InChI=1S/C29H44O6Si/c1-29(2,3)36(26-12-6-4-7-13-26,27-14-8-5-9-15-27)35-25-23-32-21-19-30-18-20-31-22-24-34-28-16-10-11-17-33-28/h4-9,12-15,28H,10-11,16-25H2,1-3H3. The van der Waals surface area contributed by atoms with Gasteiger partial charge in [0.25, 0.3) is 8.32 Å². The molecule has 0 N–H and O–H groups in total. The first-order valence-corrected chi connectivity index (χ1v) is 15.2. The lowest BCUT2D eigenvalue weighted by molar-refractivity contribution is -0.169. The maximum atomic E-state index is 6.83. The van der Waals surface area contributed by atoms with Gasteiger partial charge in [0.05, 0.1) is 52.9 Å². The Labute approximate surface area is 218 Å². The van der Waals surface area contributed by atoms with E-state index in [-0.39, 0.29) is 11.3 Å². The molecule has 6 nitrogen and oxygen atoms in total. The van der Waals surface area contributed by atoms with Gasteiger partial charge in [-0.2, -0.15) is 0 Å². The second-order valence-electron chi connectivity index (χ2n) is 10.0. The fourth-order valence-corrected chi connectivity index (χ4v) is 9.18. The van der Waals surface area contributed by atoms with E-state index in [9.17, 15) is 0 Å². The van der Waals surface area contributed by atoms with Crippen molar-refractivity contribution >= 4 is 18.7 Å².